The number of aryl methyl sites for hydroxylation is 1. The lowest BCUT2D eigenvalue weighted by Gasteiger charge is -2.08. The van der Waals surface area contributed by atoms with E-state index < -0.39 is 5.63 Å². The van der Waals surface area contributed by atoms with E-state index in [1.165, 1.54) is 6.07 Å². The van der Waals surface area contributed by atoms with Gasteiger partial charge in [-0.05, 0) is 42.3 Å². The lowest BCUT2D eigenvalue weighted by atomic mass is 10.1. The summed E-state index contributed by atoms with van der Waals surface area (Å²) in [6.45, 7) is 2.30. The molecule has 2 heterocycles. The molecule has 1 aliphatic rings. The molecule has 0 fully saturated rings. The quantitative estimate of drug-likeness (QED) is 0.744. The second-order valence-electron chi connectivity index (χ2n) is 5.84. The van der Waals surface area contributed by atoms with Crippen LogP contribution in [0.3, 0.4) is 0 Å². The van der Waals surface area contributed by atoms with Gasteiger partial charge in [-0.15, -0.1) is 0 Å². The molecular weight excluding hydrogens is 322 g/mol. The van der Waals surface area contributed by atoms with E-state index in [9.17, 15) is 9.59 Å². The molecule has 0 spiro atoms. The van der Waals surface area contributed by atoms with Gasteiger partial charge in [0.25, 0.3) is 5.91 Å². The molecule has 1 aliphatic heterocycles. The van der Waals surface area contributed by atoms with Gasteiger partial charge >= 0.3 is 5.63 Å². The summed E-state index contributed by atoms with van der Waals surface area (Å²) in [6, 6.07) is 12.0. The minimum atomic E-state index is -0.439. The molecule has 1 N–H and O–H groups in total. The van der Waals surface area contributed by atoms with Gasteiger partial charge in [-0.2, -0.15) is 0 Å². The first-order chi connectivity index (χ1) is 12.1. The molecule has 4 rings (SSSR count). The molecule has 0 saturated carbocycles. The molecule has 3 aromatic rings. The van der Waals surface area contributed by atoms with Crippen molar-refractivity contribution >= 4 is 16.9 Å². The number of fused-ring (bicyclic) bond motifs is 2. The Balaban J connectivity index is 1.58. The zero-order valence-electron chi connectivity index (χ0n) is 13.5. The second kappa shape index (κ2) is 5.98. The average molecular weight is 337 g/mol. The van der Waals surface area contributed by atoms with Crippen molar-refractivity contribution in [1.82, 2.24) is 5.32 Å². The molecule has 0 saturated heterocycles. The summed E-state index contributed by atoms with van der Waals surface area (Å²) in [5, 5.41) is 3.63. The topological polar surface area (TPSA) is 77.8 Å². The standard InChI is InChI=1S/C19H15NO5/c1-11-2-4-14-13(8-18(21)25-16(14)6-11)9-20-19(22)12-3-5-15-17(7-12)24-10-23-15/h2-8H,9-10H2,1H3,(H,20,22). The number of amides is 1. The van der Waals surface area contributed by atoms with Crippen LogP contribution < -0.4 is 20.4 Å². The summed E-state index contributed by atoms with van der Waals surface area (Å²) in [6.07, 6.45) is 0. The predicted molar refractivity (Wildman–Crippen MR) is 91.0 cm³/mol. The molecule has 0 bridgehead atoms. The summed E-state index contributed by atoms with van der Waals surface area (Å²) in [5.41, 5.74) is 2.25. The van der Waals surface area contributed by atoms with Gasteiger partial charge in [0.05, 0.1) is 0 Å². The fourth-order valence-electron chi connectivity index (χ4n) is 2.80. The number of carbonyl (C=O) groups is 1. The van der Waals surface area contributed by atoms with Gasteiger partial charge < -0.3 is 19.2 Å². The van der Waals surface area contributed by atoms with Crippen molar-refractivity contribution in [2.45, 2.75) is 13.5 Å². The number of hydrogen-bond donors (Lipinski definition) is 1. The smallest absolute Gasteiger partial charge is 0.336 e. The number of nitrogens with one attached hydrogen (secondary N) is 1. The Morgan fingerprint density at radius 3 is 2.80 bits per heavy atom. The summed E-state index contributed by atoms with van der Waals surface area (Å²) in [7, 11) is 0. The molecule has 126 valence electrons. The Bertz CT molecular complexity index is 1040. The lowest BCUT2D eigenvalue weighted by Crippen LogP contribution is -2.23. The van der Waals surface area contributed by atoms with Crippen molar-refractivity contribution in [3.05, 3.63) is 69.6 Å². The fraction of sp³-hybridized carbons (Fsp3) is 0.158. The highest BCUT2D eigenvalue weighted by Gasteiger charge is 2.16. The Labute approximate surface area is 143 Å². The first-order valence-corrected chi connectivity index (χ1v) is 7.81. The Kier molecular flexibility index (Phi) is 3.65. The number of benzene rings is 2. The molecule has 1 amide bonds. The molecule has 0 unspecified atom stereocenters. The Morgan fingerprint density at radius 2 is 1.92 bits per heavy atom. The van der Waals surface area contributed by atoms with Gasteiger partial charge in [-0.1, -0.05) is 12.1 Å². The monoisotopic (exact) mass is 337 g/mol. The lowest BCUT2D eigenvalue weighted by molar-refractivity contribution is 0.0950. The van der Waals surface area contributed by atoms with Crippen LogP contribution in [0.15, 0.2) is 51.7 Å². The number of hydrogen-bond acceptors (Lipinski definition) is 5. The second-order valence-corrected chi connectivity index (χ2v) is 5.84. The summed E-state index contributed by atoms with van der Waals surface area (Å²) < 4.78 is 15.7. The highest BCUT2D eigenvalue weighted by atomic mass is 16.7. The van der Waals surface area contributed by atoms with Crippen LogP contribution in [0, 0.1) is 6.92 Å². The van der Waals surface area contributed by atoms with Crippen LogP contribution >= 0.6 is 0 Å². The largest absolute Gasteiger partial charge is 0.454 e. The molecule has 0 aliphatic carbocycles. The first-order valence-electron chi connectivity index (χ1n) is 7.81. The average Bonchev–Trinajstić information content (AvgIpc) is 3.06. The number of ether oxygens (including phenoxy) is 2. The SMILES string of the molecule is Cc1ccc2c(CNC(=O)c3ccc4c(c3)OCO4)cc(=O)oc2c1. The molecule has 25 heavy (non-hydrogen) atoms. The fourth-order valence-corrected chi connectivity index (χ4v) is 2.80. The van der Waals surface area contributed by atoms with Crippen molar-refractivity contribution < 1.29 is 18.7 Å². The van der Waals surface area contributed by atoms with Crippen molar-refractivity contribution in [2.24, 2.45) is 0 Å². The van der Waals surface area contributed by atoms with E-state index in [1.807, 2.05) is 19.1 Å². The first kappa shape index (κ1) is 15.3. The maximum Gasteiger partial charge on any atom is 0.336 e. The zero-order valence-corrected chi connectivity index (χ0v) is 13.5. The van der Waals surface area contributed by atoms with Crippen LogP contribution in [0.4, 0.5) is 0 Å². The molecule has 6 heteroatoms. The van der Waals surface area contributed by atoms with Crippen molar-refractivity contribution in [3.8, 4) is 11.5 Å². The maximum absolute atomic E-state index is 12.4. The molecule has 0 radical (unpaired) electrons. The van der Waals surface area contributed by atoms with Gasteiger partial charge in [0.15, 0.2) is 11.5 Å². The normalized spacial score (nSPS) is 12.4. The number of rotatable bonds is 3. The van der Waals surface area contributed by atoms with E-state index in [0.717, 1.165) is 10.9 Å². The minimum absolute atomic E-state index is 0.158. The van der Waals surface area contributed by atoms with Crippen LogP contribution in [0.1, 0.15) is 21.5 Å². The third-order valence-electron chi connectivity index (χ3n) is 4.06. The van der Waals surface area contributed by atoms with Gasteiger partial charge in [-0.3, -0.25) is 4.79 Å². The highest BCUT2D eigenvalue weighted by molar-refractivity contribution is 5.95. The minimum Gasteiger partial charge on any atom is -0.454 e. The summed E-state index contributed by atoms with van der Waals surface area (Å²) >= 11 is 0. The van der Waals surface area contributed by atoms with Crippen LogP contribution in [0.2, 0.25) is 0 Å². The van der Waals surface area contributed by atoms with E-state index in [2.05, 4.69) is 5.32 Å². The predicted octanol–water partition coefficient (Wildman–Crippen LogP) is 2.76. The Morgan fingerprint density at radius 1 is 1.08 bits per heavy atom. The molecule has 2 aromatic carbocycles. The van der Waals surface area contributed by atoms with E-state index >= 15 is 0 Å². The van der Waals surface area contributed by atoms with Crippen LogP contribution in [0.25, 0.3) is 11.0 Å². The van der Waals surface area contributed by atoms with Crippen molar-refractivity contribution in [1.29, 1.82) is 0 Å². The van der Waals surface area contributed by atoms with E-state index in [-0.39, 0.29) is 19.2 Å². The third kappa shape index (κ3) is 2.94. The molecule has 1 aromatic heterocycles. The van der Waals surface area contributed by atoms with Gasteiger partial charge in [0.2, 0.25) is 6.79 Å². The van der Waals surface area contributed by atoms with Crippen molar-refractivity contribution in [2.75, 3.05) is 6.79 Å². The third-order valence-corrected chi connectivity index (χ3v) is 4.06. The van der Waals surface area contributed by atoms with E-state index in [0.29, 0.717) is 28.2 Å². The highest BCUT2D eigenvalue weighted by Crippen LogP contribution is 2.32. The van der Waals surface area contributed by atoms with Gasteiger partial charge in [0.1, 0.15) is 5.58 Å². The van der Waals surface area contributed by atoms with Crippen LogP contribution in [0.5, 0.6) is 11.5 Å². The van der Waals surface area contributed by atoms with E-state index in [1.54, 1.807) is 24.3 Å². The van der Waals surface area contributed by atoms with Crippen LogP contribution in [-0.2, 0) is 6.54 Å². The van der Waals surface area contributed by atoms with Gasteiger partial charge in [-0.25, -0.2) is 4.79 Å². The Hall–Kier alpha value is -3.28. The van der Waals surface area contributed by atoms with E-state index in [4.69, 9.17) is 13.9 Å². The van der Waals surface area contributed by atoms with Crippen LogP contribution in [-0.4, -0.2) is 12.7 Å². The summed E-state index contributed by atoms with van der Waals surface area (Å²) in [5.74, 6) is 0.916. The molecule has 6 nitrogen and oxygen atoms in total. The summed E-state index contributed by atoms with van der Waals surface area (Å²) in [4.78, 5) is 24.1. The van der Waals surface area contributed by atoms with Crippen molar-refractivity contribution in [3.63, 3.8) is 0 Å². The maximum atomic E-state index is 12.4. The van der Waals surface area contributed by atoms with Gasteiger partial charge in [0, 0.05) is 23.6 Å². The molecular formula is C19H15NO5. The molecule has 0 atom stereocenters. The number of carbonyl (C=O) groups excluding carboxylic acids is 1. The zero-order chi connectivity index (χ0) is 17.4.